The first-order chi connectivity index (χ1) is 15.7. The van der Waals surface area contributed by atoms with E-state index in [0.717, 1.165) is 19.3 Å². The fourth-order valence-electron chi connectivity index (χ4n) is 4.38. The number of halogens is 1. The van der Waals surface area contributed by atoms with E-state index in [2.05, 4.69) is 108 Å². The average Bonchev–Trinajstić information content (AvgIpc) is 2.81. The molecule has 0 aliphatic heterocycles. The third-order valence-corrected chi connectivity index (χ3v) is 6.75. The molecule has 4 aromatic rings. The SMILES string of the molecule is CCCCCCC(=O)NCCc1cc(-c2cccc3ccccc23)cc2ccc(I)cc12. The van der Waals surface area contributed by atoms with Crippen LogP contribution in [0.5, 0.6) is 0 Å². The largest absolute Gasteiger partial charge is 0.356 e. The van der Waals surface area contributed by atoms with E-state index in [9.17, 15) is 4.79 Å². The number of carbonyl (C=O) groups excluding carboxylic acids is 1. The molecule has 2 nitrogen and oxygen atoms in total. The second-order valence-corrected chi connectivity index (χ2v) is 9.68. The van der Waals surface area contributed by atoms with Crippen molar-refractivity contribution in [2.24, 2.45) is 0 Å². The van der Waals surface area contributed by atoms with Crippen molar-refractivity contribution in [3.8, 4) is 11.1 Å². The number of rotatable bonds is 9. The van der Waals surface area contributed by atoms with Crippen molar-refractivity contribution in [2.45, 2.75) is 45.4 Å². The van der Waals surface area contributed by atoms with E-state index < -0.39 is 0 Å². The van der Waals surface area contributed by atoms with Gasteiger partial charge in [-0.3, -0.25) is 4.79 Å². The summed E-state index contributed by atoms with van der Waals surface area (Å²) in [5.74, 6) is 0.171. The number of benzene rings is 4. The molecule has 32 heavy (non-hydrogen) atoms. The van der Waals surface area contributed by atoms with E-state index in [1.165, 1.54) is 54.6 Å². The lowest BCUT2D eigenvalue weighted by Gasteiger charge is -2.14. The first-order valence-corrected chi connectivity index (χ1v) is 12.7. The second-order valence-electron chi connectivity index (χ2n) is 8.44. The molecule has 0 saturated heterocycles. The van der Waals surface area contributed by atoms with E-state index in [-0.39, 0.29) is 5.91 Å². The molecule has 4 rings (SSSR count). The Morgan fingerprint density at radius 3 is 2.56 bits per heavy atom. The fraction of sp³-hybridized carbons (Fsp3) is 0.276. The van der Waals surface area contributed by atoms with Crippen LogP contribution in [0.4, 0.5) is 0 Å². The summed E-state index contributed by atoms with van der Waals surface area (Å²) in [7, 11) is 0. The molecule has 4 aromatic carbocycles. The van der Waals surface area contributed by atoms with Gasteiger partial charge in [-0.2, -0.15) is 0 Å². The molecule has 0 heterocycles. The Labute approximate surface area is 204 Å². The van der Waals surface area contributed by atoms with Crippen molar-refractivity contribution >= 4 is 50.0 Å². The van der Waals surface area contributed by atoms with Crippen molar-refractivity contribution in [2.75, 3.05) is 6.54 Å². The van der Waals surface area contributed by atoms with Gasteiger partial charge in [-0.15, -0.1) is 0 Å². The van der Waals surface area contributed by atoms with Gasteiger partial charge in [-0.25, -0.2) is 0 Å². The van der Waals surface area contributed by atoms with Gasteiger partial charge in [-0.05, 0) is 91.9 Å². The summed E-state index contributed by atoms with van der Waals surface area (Å²) < 4.78 is 1.23. The van der Waals surface area contributed by atoms with E-state index in [1.54, 1.807) is 0 Å². The highest BCUT2D eigenvalue weighted by Gasteiger charge is 2.10. The van der Waals surface area contributed by atoms with Crippen molar-refractivity contribution in [1.29, 1.82) is 0 Å². The maximum absolute atomic E-state index is 12.2. The maximum atomic E-state index is 12.2. The molecule has 0 aromatic heterocycles. The summed E-state index contributed by atoms with van der Waals surface area (Å²) >= 11 is 2.38. The summed E-state index contributed by atoms with van der Waals surface area (Å²) in [6.45, 7) is 2.87. The van der Waals surface area contributed by atoms with Crippen LogP contribution in [-0.2, 0) is 11.2 Å². The van der Waals surface area contributed by atoms with Crippen LogP contribution in [0.25, 0.3) is 32.7 Å². The molecule has 1 amide bonds. The molecule has 0 bridgehead atoms. The summed E-state index contributed by atoms with van der Waals surface area (Å²) in [4.78, 5) is 12.2. The van der Waals surface area contributed by atoms with Crippen LogP contribution in [0.15, 0.2) is 72.8 Å². The van der Waals surface area contributed by atoms with E-state index >= 15 is 0 Å². The number of hydrogen-bond acceptors (Lipinski definition) is 1. The molecule has 3 heteroatoms. The van der Waals surface area contributed by atoms with Crippen molar-refractivity contribution in [3.05, 3.63) is 81.9 Å². The number of amides is 1. The first kappa shape index (κ1) is 22.8. The highest BCUT2D eigenvalue weighted by Crippen LogP contribution is 2.33. The van der Waals surface area contributed by atoms with Crippen LogP contribution < -0.4 is 5.32 Å². The lowest BCUT2D eigenvalue weighted by Crippen LogP contribution is -2.25. The molecule has 164 valence electrons. The molecular weight excluding hydrogens is 505 g/mol. The van der Waals surface area contributed by atoms with Crippen LogP contribution in [0.1, 0.15) is 44.6 Å². The molecule has 0 aliphatic carbocycles. The summed E-state index contributed by atoms with van der Waals surface area (Å²) in [5, 5.41) is 8.18. The Kier molecular flexibility index (Phi) is 7.80. The zero-order chi connectivity index (χ0) is 22.3. The fourth-order valence-corrected chi connectivity index (χ4v) is 4.88. The third kappa shape index (κ3) is 5.50. The molecule has 0 fully saturated rings. The van der Waals surface area contributed by atoms with Crippen LogP contribution in [0.3, 0.4) is 0 Å². The van der Waals surface area contributed by atoms with Crippen LogP contribution >= 0.6 is 22.6 Å². The first-order valence-electron chi connectivity index (χ1n) is 11.6. The molecule has 1 N–H and O–H groups in total. The van der Waals surface area contributed by atoms with Gasteiger partial charge in [0.05, 0.1) is 0 Å². The van der Waals surface area contributed by atoms with Gasteiger partial charge in [0.15, 0.2) is 0 Å². The zero-order valence-corrected chi connectivity index (χ0v) is 20.8. The van der Waals surface area contributed by atoms with Crippen molar-refractivity contribution in [1.82, 2.24) is 5.32 Å². The van der Waals surface area contributed by atoms with Crippen LogP contribution in [-0.4, -0.2) is 12.5 Å². The summed E-state index contributed by atoms with van der Waals surface area (Å²) in [6.07, 6.45) is 5.99. The third-order valence-electron chi connectivity index (χ3n) is 6.08. The van der Waals surface area contributed by atoms with Gasteiger partial charge in [0, 0.05) is 16.5 Å². The molecule has 0 spiro atoms. The number of hydrogen-bond donors (Lipinski definition) is 1. The van der Waals surface area contributed by atoms with E-state index in [0.29, 0.717) is 13.0 Å². The topological polar surface area (TPSA) is 29.1 Å². The highest BCUT2D eigenvalue weighted by molar-refractivity contribution is 14.1. The number of carbonyl (C=O) groups is 1. The Balaban J connectivity index is 1.60. The smallest absolute Gasteiger partial charge is 0.220 e. The molecule has 0 saturated carbocycles. The molecular formula is C29H30INO. The molecule has 0 atom stereocenters. The lowest BCUT2D eigenvalue weighted by molar-refractivity contribution is -0.121. The number of nitrogens with one attached hydrogen (secondary N) is 1. The predicted molar refractivity (Wildman–Crippen MR) is 145 cm³/mol. The van der Waals surface area contributed by atoms with E-state index in [4.69, 9.17) is 0 Å². The highest BCUT2D eigenvalue weighted by atomic mass is 127. The summed E-state index contributed by atoms with van der Waals surface area (Å²) in [6, 6.07) is 26.3. The lowest BCUT2D eigenvalue weighted by atomic mass is 9.92. The predicted octanol–water partition coefficient (Wildman–Crippen LogP) is 7.89. The Hall–Kier alpha value is -2.40. The average molecular weight is 535 g/mol. The Bertz CT molecular complexity index is 1230. The Morgan fingerprint density at radius 2 is 1.69 bits per heavy atom. The number of fused-ring (bicyclic) bond motifs is 2. The quantitative estimate of drug-likeness (QED) is 0.171. The van der Waals surface area contributed by atoms with Crippen molar-refractivity contribution in [3.63, 3.8) is 0 Å². The zero-order valence-electron chi connectivity index (χ0n) is 18.7. The monoisotopic (exact) mass is 535 g/mol. The van der Waals surface area contributed by atoms with Gasteiger partial charge in [-0.1, -0.05) is 80.8 Å². The standard InChI is InChI=1S/C29H30INO/c1-2-3-4-5-13-29(32)31-17-16-23-19-24(18-22-14-15-25(30)20-28(22)23)27-12-8-10-21-9-6-7-11-26(21)27/h6-12,14-15,18-20H,2-5,13,16-17H2,1H3,(H,31,32). The second kappa shape index (κ2) is 11.0. The maximum Gasteiger partial charge on any atom is 0.220 e. The minimum atomic E-state index is 0.171. The molecule has 0 unspecified atom stereocenters. The number of unbranched alkanes of at least 4 members (excludes halogenated alkanes) is 3. The minimum absolute atomic E-state index is 0.171. The molecule has 0 aliphatic rings. The minimum Gasteiger partial charge on any atom is -0.356 e. The van der Waals surface area contributed by atoms with Gasteiger partial charge >= 0.3 is 0 Å². The summed E-state index contributed by atoms with van der Waals surface area (Å²) in [5.41, 5.74) is 3.77. The van der Waals surface area contributed by atoms with Gasteiger partial charge < -0.3 is 5.32 Å². The molecule has 0 radical (unpaired) electrons. The van der Waals surface area contributed by atoms with Gasteiger partial charge in [0.2, 0.25) is 5.91 Å². The van der Waals surface area contributed by atoms with Gasteiger partial charge in [0.1, 0.15) is 0 Å². The normalized spacial score (nSPS) is 11.2. The van der Waals surface area contributed by atoms with Gasteiger partial charge in [0.25, 0.3) is 0 Å². The van der Waals surface area contributed by atoms with Crippen LogP contribution in [0.2, 0.25) is 0 Å². The van der Waals surface area contributed by atoms with Crippen LogP contribution in [0, 0.1) is 3.57 Å². The van der Waals surface area contributed by atoms with Crippen molar-refractivity contribution < 1.29 is 4.79 Å². The Morgan fingerprint density at radius 1 is 0.844 bits per heavy atom. The van der Waals surface area contributed by atoms with E-state index in [1.807, 2.05) is 0 Å².